The molecule has 3 aliphatic rings. The highest BCUT2D eigenvalue weighted by Gasteiger charge is 2.45. The minimum atomic E-state index is -3.02. The van der Waals surface area contributed by atoms with Gasteiger partial charge in [0, 0.05) is 19.4 Å². The number of fused-ring (bicyclic) bond motifs is 3. The number of nitrogens with zero attached hydrogens (tertiary/aromatic N) is 2. The molecular formula is C26H33F2N3O5. The van der Waals surface area contributed by atoms with E-state index in [1.165, 1.54) is 0 Å². The Morgan fingerprint density at radius 2 is 2.03 bits per heavy atom. The highest BCUT2D eigenvalue weighted by atomic mass is 19.3. The van der Waals surface area contributed by atoms with Crippen LogP contribution in [0, 0.1) is 5.92 Å². The maximum atomic E-state index is 14.6. The second-order valence-electron chi connectivity index (χ2n) is 10.2. The topological polar surface area (TPSA) is 99.2 Å². The molecule has 4 rings (SSSR count). The Morgan fingerprint density at radius 1 is 1.25 bits per heavy atom. The van der Waals surface area contributed by atoms with Crippen molar-refractivity contribution < 1.29 is 33.0 Å². The van der Waals surface area contributed by atoms with Gasteiger partial charge < -0.3 is 14.7 Å². The van der Waals surface area contributed by atoms with Gasteiger partial charge in [0.15, 0.2) is 0 Å². The summed E-state index contributed by atoms with van der Waals surface area (Å²) in [5.74, 6) is -5.17. The summed E-state index contributed by atoms with van der Waals surface area (Å²) in [4.78, 5) is 40.9. The van der Waals surface area contributed by atoms with E-state index in [1.807, 2.05) is 30.4 Å². The van der Waals surface area contributed by atoms with Crippen molar-refractivity contribution in [3.63, 3.8) is 0 Å². The number of ether oxygens (including phenoxy) is 1. The van der Waals surface area contributed by atoms with Gasteiger partial charge >= 0.3 is 12.1 Å². The van der Waals surface area contributed by atoms with Gasteiger partial charge in [-0.15, -0.1) is 0 Å². The summed E-state index contributed by atoms with van der Waals surface area (Å²) >= 11 is 0. The predicted molar refractivity (Wildman–Crippen MR) is 128 cm³/mol. The number of hydrogen-bond donors (Lipinski definition) is 2. The minimum absolute atomic E-state index is 0.0530. The van der Waals surface area contributed by atoms with Crippen molar-refractivity contribution in [1.82, 2.24) is 15.1 Å². The molecule has 0 radical (unpaired) electrons. The third-order valence-corrected chi connectivity index (χ3v) is 7.10. The lowest BCUT2D eigenvalue weighted by Crippen LogP contribution is -2.54. The molecule has 196 valence electrons. The van der Waals surface area contributed by atoms with E-state index in [2.05, 4.69) is 5.32 Å². The molecule has 1 fully saturated rings. The number of benzene rings is 1. The van der Waals surface area contributed by atoms with E-state index >= 15 is 0 Å². The zero-order valence-corrected chi connectivity index (χ0v) is 20.6. The monoisotopic (exact) mass is 505 g/mol. The van der Waals surface area contributed by atoms with Crippen molar-refractivity contribution >= 4 is 24.0 Å². The van der Waals surface area contributed by atoms with Gasteiger partial charge in [0.25, 0.3) is 5.92 Å². The van der Waals surface area contributed by atoms with Crippen LogP contribution in [0.25, 0.3) is 6.08 Å². The molecule has 0 unspecified atom stereocenters. The third-order valence-electron chi connectivity index (χ3n) is 7.10. The van der Waals surface area contributed by atoms with Crippen LogP contribution >= 0.6 is 0 Å². The van der Waals surface area contributed by atoms with E-state index in [1.54, 1.807) is 18.7 Å². The van der Waals surface area contributed by atoms with Crippen LogP contribution in [0.5, 0.6) is 0 Å². The maximum Gasteiger partial charge on any atom is 0.410 e. The number of nitrogens with one attached hydrogen (secondary N) is 1. The largest absolute Gasteiger partial charge is 0.480 e. The fourth-order valence-electron chi connectivity index (χ4n) is 5.13. The maximum absolute atomic E-state index is 14.6. The number of alkyl halides is 2. The number of halogens is 2. The molecular weight excluding hydrogens is 472 g/mol. The number of carboxylic acids is 1. The highest BCUT2D eigenvalue weighted by Crippen LogP contribution is 2.30. The fraction of sp³-hybridized carbons (Fsp3) is 0.577. The SMILES string of the molecule is CC(C)[C@@H]1NCC(F)(F)CCC/C=C\c2cccc3c2CN(C3)C(=O)O[C@@H]2C[C@@H](C(=O)O)N(C2)C1=O. The number of aliphatic carboxylic acids is 1. The quantitative estimate of drug-likeness (QED) is 0.637. The molecule has 0 aliphatic carbocycles. The number of rotatable bonds is 2. The Balaban J connectivity index is 1.61. The van der Waals surface area contributed by atoms with Gasteiger partial charge in [-0.2, -0.15) is 0 Å². The van der Waals surface area contributed by atoms with E-state index in [0.29, 0.717) is 19.5 Å². The molecule has 3 atom stereocenters. The first-order valence-corrected chi connectivity index (χ1v) is 12.4. The molecule has 0 spiro atoms. The van der Waals surface area contributed by atoms with E-state index in [4.69, 9.17) is 4.74 Å². The van der Waals surface area contributed by atoms with Crippen molar-refractivity contribution in [1.29, 1.82) is 0 Å². The molecule has 4 bridgehead atoms. The zero-order valence-electron chi connectivity index (χ0n) is 20.6. The summed E-state index contributed by atoms with van der Waals surface area (Å²) in [5.41, 5.74) is 2.88. The van der Waals surface area contributed by atoms with Crippen molar-refractivity contribution in [2.75, 3.05) is 13.1 Å². The van der Waals surface area contributed by atoms with Gasteiger partial charge in [-0.3, -0.25) is 15.0 Å². The number of carbonyl (C=O) groups excluding carboxylic acids is 2. The molecule has 3 heterocycles. The highest BCUT2D eigenvalue weighted by molar-refractivity contribution is 5.88. The fourth-order valence-corrected chi connectivity index (χ4v) is 5.13. The number of allylic oxidation sites excluding steroid dienone is 1. The van der Waals surface area contributed by atoms with Crippen molar-refractivity contribution in [3.8, 4) is 0 Å². The van der Waals surface area contributed by atoms with Crippen LogP contribution in [0.4, 0.5) is 13.6 Å². The van der Waals surface area contributed by atoms with Gasteiger partial charge in [-0.1, -0.05) is 44.2 Å². The molecule has 2 amide bonds. The molecule has 10 heteroatoms. The van der Waals surface area contributed by atoms with Gasteiger partial charge in [-0.05, 0) is 35.4 Å². The summed E-state index contributed by atoms with van der Waals surface area (Å²) in [6.07, 6.45) is 2.74. The van der Waals surface area contributed by atoms with E-state index in [0.717, 1.165) is 21.6 Å². The molecule has 36 heavy (non-hydrogen) atoms. The Morgan fingerprint density at radius 3 is 2.75 bits per heavy atom. The molecule has 1 aromatic carbocycles. The lowest BCUT2D eigenvalue weighted by molar-refractivity contribution is -0.149. The van der Waals surface area contributed by atoms with Crippen LogP contribution in [0.3, 0.4) is 0 Å². The second-order valence-corrected chi connectivity index (χ2v) is 10.2. The number of hydrogen-bond acceptors (Lipinski definition) is 5. The Hall–Kier alpha value is -3.01. The molecule has 1 aromatic rings. The lowest BCUT2D eigenvalue weighted by atomic mass is 10.0. The normalized spacial score (nSPS) is 27.9. The molecule has 1 saturated heterocycles. The van der Waals surface area contributed by atoms with Crippen LogP contribution in [-0.2, 0) is 27.4 Å². The smallest absolute Gasteiger partial charge is 0.410 e. The number of carbonyl (C=O) groups is 3. The van der Waals surface area contributed by atoms with Crippen LogP contribution in [0.1, 0.15) is 56.2 Å². The van der Waals surface area contributed by atoms with Gasteiger partial charge in [0.1, 0.15) is 12.1 Å². The second kappa shape index (κ2) is 10.5. The Bertz CT molecular complexity index is 1040. The first-order valence-electron chi connectivity index (χ1n) is 12.4. The summed E-state index contributed by atoms with van der Waals surface area (Å²) in [5, 5.41) is 12.4. The summed E-state index contributed by atoms with van der Waals surface area (Å²) in [7, 11) is 0. The van der Waals surface area contributed by atoms with E-state index < -0.39 is 48.6 Å². The molecule has 8 nitrogen and oxygen atoms in total. The van der Waals surface area contributed by atoms with E-state index in [-0.39, 0.29) is 31.7 Å². The predicted octanol–water partition coefficient (Wildman–Crippen LogP) is 3.64. The Kier molecular flexibility index (Phi) is 7.63. The summed E-state index contributed by atoms with van der Waals surface area (Å²) in [6.45, 7) is 3.35. The first-order chi connectivity index (χ1) is 17.1. The molecule has 2 N–H and O–H groups in total. The van der Waals surface area contributed by atoms with Crippen molar-refractivity contribution in [2.45, 2.75) is 76.7 Å². The number of carboxylic acid groups (broad SMARTS) is 1. The average Bonchev–Trinajstić information content (AvgIpc) is 3.43. The Labute approximate surface area is 209 Å². The van der Waals surface area contributed by atoms with Gasteiger partial charge in [-0.25, -0.2) is 18.4 Å². The van der Waals surface area contributed by atoms with Crippen LogP contribution < -0.4 is 5.32 Å². The van der Waals surface area contributed by atoms with Crippen LogP contribution in [0.2, 0.25) is 0 Å². The first kappa shape index (κ1) is 26.1. The van der Waals surface area contributed by atoms with Gasteiger partial charge in [0.05, 0.1) is 25.7 Å². The molecule has 3 aliphatic heterocycles. The van der Waals surface area contributed by atoms with Crippen LogP contribution in [0.15, 0.2) is 24.3 Å². The van der Waals surface area contributed by atoms with Gasteiger partial charge in [0.2, 0.25) is 5.91 Å². The standard InChI is InChI=1S/C26H33F2N3O5/c1-16(2)22-23(32)31-13-19(11-21(31)24(33)34)36-25(35)30-12-18-9-6-8-17(20(18)14-30)7-4-3-5-10-26(27,28)15-29-22/h4,6-9,16,19,21-22,29H,3,5,10-15H2,1-2H3,(H,33,34)/b7-4-/t19-,21+,22+/m1/s1. The van der Waals surface area contributed by atoms with Crippen molar-refractivity contribution in [3.05, 3.63) is 41.0 Å². The summed E-state index contributed by atoms with van der Waals surface area (Å²) in [6, 6.07) is 3.57. The molecule has 0 aromatic heterocycles. The van der Waals surface area contributed by atoms with Crippen LogP contribution in [-0.4, -0.2) is 70.1 Å². The zero-order chi connectivity index (χ0) is 26.0. The van der Waals surface area contributed by atoms with E-state index in [9.17, 15) is 28.3 Å². The molecule has 0 saturated carbocycles. The third kappa shape index (κ3) is 5.69. The lowest BCUT2D eigenvalue weighted by Gasteiger charge is -2.30. The minimum Gasteiger partial charge on any atom is -0.480 e. The number of amides is 2. The van der Waals surface area contributed by atoms with Crippen molar-refractivity contribution in [2.24, 2.45) is 5.92 Å². The summed E-state index contributed by atoms with van der Waals surface area (Å²) < 4.78 is 34.9. The average molecular weight is 506 g/mol.